The molecule has 3 unspecified atom stereocenters. The van der Waals surface area contributed by atoms with Crippen LogP contribution in [0.1, 0.15) is 421 Å². The average Bonchev–Trinajstić information content (AvgIpc) is 1.05. The Hall–Kier alpha value is -1.94. The minimum atomic E-state index is -4.96. The van der Waals surface area contributed by atoms with Gasteiger partial charge in [-0.25, -0.2) is 9.13 Å². The first-order valence-electron chi connectivity index (χ1n) is 42.2. The predicted octanol–water partition coefficient (Wildman–Crippen LogP) is 24.4. The van der Waals surface area contributed by atoms with E-state index in [9.17, 15) is 43.2 Å². The van der Waals surface area contributed by atoms with Gasteiger partial charge in [0.1, 0.15) is 19.3 Å². The molecule has 19 heteroatoms. The Bertz CT molecular complexity index is 1970. The van der Waals surface area contributed by atoms with E-state index < -0.39 is 97.5 Å². The number of carbonyl (C=O) groups excluding carboxylic acids is 4. The zero-order valence-corrected chi connectivity index (χ0v) is 68.3. The molecule has 0 rings (SSSR count). The molecule has 0 aliphatic heterocycles. The number of phosphoric acid groups is 2. The normalized spacial score (nSPS) is 14.3. The van der Waals surface area contributed by atoms with E-state index in [4.69, 9.17) is 37.0 Å². The summed E-state index contributed by atoms with van der Waals surface area (Å²) in [5, 5.41) is 10.6. The van der Waals surface area contributed by atoms with E-state index >= 15 is 0 Å². The van der Waals surface area contributed by atoms with Crippen LogP contribution in [0.25, 0.3) is 0 Å². The zero-order chi connectivity index (χ0) is 74.6. The van der Waals surface area contributed by atoms with E-state index in [1.165, 1.54) is 218 Å². The summed E-state index contributed by atoms with van der Waals surface area (Å²) in [4.78, 5) is 73.0. The first-order chi connectivity index (χ1) is 48.6. The zero-order valence-electron chi connectivity index (χ0n) is 66.5. The molecule has 0 spiro atoms. The topological polar surface area (TPSA) is 237 Å². The number of unbranched alkanes of at least 4 members (excludes halogenated alkanes) is 44. The minimum absolute atomic E-state index is 0.106. The molecule has 0 aromatic heterocycles. The standard InChI is InChI=1S/C82H160O17P2/c1-9-75(8)61-53-45-36-30-24-18-13-14-20-27-33-39-49-57-65-82(87)99-78(69-93-80(85)63-55-47-41-40-44-52-60-74(6)7)71-97-101(90,91)95-67-76(83)66-94-100(88,89)96-70-77(68-92-79(84)62-54-46-37-31-25-21-15-17-23-29-35-43-51-59-73(4)5)98-81(86)64-56-48-38-32-26-19-12-10-11-16-22-28-34-42-50-58-72(2)3/h72-78,83H,9-71H2,1-8H3,(H,88,89)(H,90,91)/t75?,76-,77-,78-/m1/s1. The Morgan fingerprint density at radius 2 is 0.475 bits per heavy atom. The van der Waals surface area contributed by atoms with Crippen molar-refractivity contribution in [1.82, 2.24) is 0 Å². The molecule has 17 nitrogen and oxygen atoms in total. The van der Waals surface area contributed by atoms with Crippen molar-refractivity contribution in [3.05, 3.63) is 0 Å². The minimum Gasteiger partial charge on any atom is -0.462 e. The van der Waals surface area contributed by atoms with Crippen molar-refractivity contribution >= 4 is 39.5 Å². The second-order valence-corrected chi connectivity index (χ2v) is 34.1. The summed E-state index contributed by atoms with van der Waals surface area (Å²) < 4.78 is 68.7. The van der Waals surface area contributed by atoms with E-state index in [2.05, 4.69) is 55.4 Å². The molecule has 0 saturated heterocycles. The maximum absolute atomic E-state index is 13.1. The van der Waals surface area contributed by atoms with Crippen LogP contribution in [0, 0.1) is 23.7 Å². The molecule has 0 saturated carbocycles. The van der Waals surface area contributed by atoms with Crippen molar-refractivity contribution < 1.29 is 80.2 Å². The van der Waals surface area contributed by atoms with Gasteiger partial charge in [-0.15, -0.1) is 0 Å². The Labute approximate surface area is 619 Å². The van der Waals surface area contributed by atoms with Crippen LogP contribution in [0.3, 0.4) is 0 Å². The number of phosphoric ester groups is 2. The Morgan fingerprint density at radius 1 is 0.277 bits per heavy atom. The Balaban J connectivity index is 5.23. The van der Waals surface area contributed by atoms with Crippen molar-refractivity contribution in [1.29, 1.82) is 0 Å². The highest BCUT2D eigenvalue weighted by Crippen LogP contribution is 2.45. The fourth-order valence-electron chi connectivity index (χ4n) is 12.6. The molecule has 101 heavy (non-hydrogen) atoms. The molecule has 0 aromatic rings. The van der Waals surface area contributed by atoms with E-state index in [1.807, 2.05) is 0 Å². The van der Waals surface area contributed by atoms with E-state index in [0.29, 0.717) is 31.6 Å². The third-order valence-electron chi connectivity index (χ3n) is 19.4. The molecule has 0 bridgehead atoms. The summed E-state index contributed by atoms with van der Waals surface area (Å²) in [5.41, 5.74) is 0. The molecule has 0 fully saturated rings. The third-order valence-corrected chi connectivity index (χ3v) is 21.3. The summed E-state index contributed by atoms with van der Waals surface area (Å²) in [6, 6.07) is 0. The molecule has 600 valence electrons. The third kappa shape index (κ3) is 74.7. The van der Waals surface area contributed by atoms with Gasteiger partial charge in [0.25, 0.3) is 0 Å². The maximum Gasteiger partial charge on any atom is 0.472 e. The molecule has 0 radical (unpaired) electrons. The van der Waals surface area contributed by atoms with Gasteiger partial charge in [-0.2, -0.15) is 0 Å². The largest absolute Gasteiger partial charge is 0.472 e. The summed E-state index contributed by atoms with van der Waals surface area (Å²) in [6.07, 6.45) is 58.3. The van der Waals surface area contributed by atoms with Crippen molar-refractivity contribution in [3.8, 4) is 0 Å². The summed E-state index contributed by atoms with van der Waals surface area (Å²) >= 11 is 0. The van der Waals surface area contributed by atoms with Crippen LogP contribution >= 0.6 is 15.6 Å². The molecule has 0 aliphatic carbocycles. The molecular formula is C82H160O17P2. The van der Waals surface area contributed by atoms with Crippen LogP contribution in [-0.2, 0) is 65.4 Å². The predicted molar refractivity (Wildman–Crippen MR) is 414 cm³/mol. The van der Waals surface area contributed by atoms with E-state index in [0.717, 1.165) is 114 Å². The van der Waals surface area contributed by atoms with Gasteiger partial charge in [0, 0.05) is 25.7 Å². The van der Waals surface area contributed by atoms with Crippen molar-refractivity contribution in [2.24, 2.45) is 23.7 Å². The van der Waals surface area contributed by atoms with Crippen LogP contribution in [-0.4, -0.2) is 96.7 Å². The monoisotopic (exact) mass is 1480 g/mol. The molecule has 0 amide bonds. The van der Waals surface area contributed by atoms with E-state index in [1.54, 1.807) is 0 Å². The van der Waals surface area contributed by atoms with Crippen LogP contribution in [0.15, 0.2) is 0 Å². The fourth-order valence-corrected chi connectivity index (χ4v) is 14.2. The van der Waals surface area contributed by atoms with Crippen LogP contribution < -0.4 is 0 Å². The van der Waals surface area contributed by atoms with Crippen molar-refractivity contribution in [3.63, 3.8) is 0 Å². The number of rotatable bonds is 79. The summed E-state index contributed by atoms with van der Waals surface area (Å²) in [7, 11) is -9.92. The van der Waals surface area contributed by atoms with Gasteiger partial charge >= 0.3 is 39.5 Å². The number of carbonyl (C=O) groups is 4. The van der Waals surface area contributed by atoms with Crippen molar-refractivity contribution in [2.45, 2.75) is 440 Å². The molecule has 0 aliphatic rings. The SMILES string of the molecule is CCC(C)CCCCCCCCCCCCCCCCC(=O)O[C@H](COC(=O)CCCCCCCCC(C)C)COP(=O)(O)OC[C@H](O)COP(=O)(O)OC[C@@H](COC(=O)CCCCCCCCCCCCCCCC(C)C)OC(=O)CCCCCCCCCCCCCCCCCC(C)C. The van der Waals surface area contributed by atoms with E-state index in [-0.39, 0.29) is 25.7 Å². The fraction of sp³-hybridized carbons (Fsp3) is 0.951. The maximum atomic E-state index is 13.1. The highest BCUT2D eigenvalue weighted by Gasteiger charge is 2.30. The smallest absolute Gasteiger partial charge is 0.462 e. The molecule has 3 N–H and O–H groups in total. The average molecular weight is 1480 g/mol. The molecule has 0 aromatic carbocycles. The number of esters is 4. The number of hydrogen-bond acceptors (Lipinski definition) is 15. The van der Waals surface area contributed by atoms with Gasteiger partial charge in [0.15, 0.2) is 12.2 Å². The Morgan fingerprint density at radius 3 is 0.703 bits per heavy atom. The number of aliphatic hydroxyl groups excluding tert-OH is 1. The van der Waals surface area contributed by atoms with Crippen molar-refractivity contribution in [2.75, 3.05) is 39.6 Å². The van der Waals surface area contributed by atoms with Crippen LogP contribution in [0.2, 0.25) is 0 Å². The highest BCUT2D eigenvalue weighted by atomic mass is 31.2. The second-order valence-electron chi connectivity index (χ2n) is 31.2. The van der Waals surface area contributed by atoms with Crippen LogP contribution in [0.4, 0.5) is 0 Å². The first kappa shape index (κ1) is 99.1. The van der Waals surface area contributed by atoms with Gasteiger partial charge < -0.3 is 33.8 Å². The lowest BCUT2D eigenvalue weighted by Crippen LogP contribution is -2.30. The summed E-state index contributed by atoms with van der Waals surface area (Å²) in [5.74, 6) is 1.00. The highest BCUT2D eigenvalue weighted by molar-refractivity contribution is 7.47. The lowest BCUT2D eigenvalue weighted by molar-refractivity contribution is -0.161. The van der Waals surface area contributed by atoms with Gasteiger partial charge in [0.2, 0.25) is 0 Å². The van der Waals surface area contributed by atoms with Gasteiger partial charge in [-0.1, -0.05) is 370 Å². The number of hydrogen-bond donors (Lipinski definition) is 3. The molecular weight excluding hydrogens is 1320 g/mol. The molecule has 0 heterocycles. The number of aliphatic hydroxyl groups is 1. The lowest BCUT2D eigenvalue weighted by Gasteiger charge is -2.21. The van der Waals surface area contributed by atoms with Gasteiger partial charge in [0.05, 0.1) is 26.4 Å². The van der Waals surface area contributed by atoms with Gasteiger partial charge in [-0.3, -0.25) is 37.3 Å². The quantitative estimate of drug-likeness (QED) is 0.0222. The first-order valence-corrected chi connectivity index (χ1v) is 45.2. The van der Waals surface area contributed by atoms with Gasteiger partial charge in [-0.05, 0) is 49.4 Å². The summed E-state index contributed by atoms with van der Waals surface area (Å²) in [6.45, 7) is 14.3. The number of ether oxygens (including phenoxy) is 4. The van der Waals surface area contributed by atoms with Crippen LogP contribution in [0.5, 0.6) is 0 Å². The Kier molecular flexibility index (Phi) is 69.6. The lowest BCUT2D eigenvalue weighted by atomic mass is 9.99. The molecule has 6 atom stereocenters. The second kappa shape index (κ2) is 71.0.